The molecule has 1 aromatic carbocycles. The number of fused-ring (bicyclic) bond motifs is 5. The lowest BCUT2D eigenvalue weighted by Gasteiger charge is -2.29. The number of pyridine rings is 1. The summed E-state index contributed by atoms with van der Waals surface area (Å²) < 4.78 is 0. The number of rotatable bonds is 2. The summed E-state index contributed by atoms with van der Waals surface area (Å²) in [5.41, 5.74) is 10.2. The van der Waals surface area contributed by atoms with E-state index >= 15 is 0 Å². The first-order valence-electron chi connectivity index (χ1n) is 11.8. The molecule has 4 aliphatic rings. The fourth-order valence-electron chi connectivity index (χ4n) is 5.72. The Morgan fingerprint density at radius 1 is 1.03 bits per heavy atom. The zero-order chi connectivity index (χ0) is 21.3. The largest absolute Gasteiger partial charge is 0.369 e. The molecule has 7 rings (SSSR count). The van der Waals surface area contributed by atoms with Gasteiger partial charge in [-0.1, -0.05) is 12.1 Å². The molecule has 2 fully saturated rings. The summed E-state index contributed by atoms with van der Waals surface area (Å²) in [4.78, 5) is 23.8. The highest BCUT2D eigenvalue weighted by atomic mass is 16.2. The molecular formula is C26H27N5O. The van der Waals surface area contributed by atoms with Crippen LogP contribution in [0.5, 0.6) is 0 Å². The standard InChI is InChI=1S/C26H27N5O/c32-25-23-19-6-3-17-15-28-21(16-1-4-18(5-2-16)31-11-9-27-10-12-31)13-20(17)24(19)29-22(23)14-26(30-25)7-8-26/h1-2,4-5,13,15,27,29H,3,6-12,14H2,(H,30,32). The third-order valence-corrected chi connectivity index (χ3v) is 7.70. The number of carbonyl (C=O) groups excluding carboxylic acids is 1. The maximum atomic E-state index is 12.9. The molecule has 1 amide bonds. The van der Waals surface area contributed by atoms with Crippen LogP contribution in [0.15, 0.2) is 36.5 Å². The van der Waals surface area contributed by atoms with Gasteiger partial charge in [-0.25, -0.2) is 0 Å². The molecule has 0 radical (unpaired) electrons. The summed E-state index contributed by atoms with van der Waals surface area (Å²) in [6, 6.07) is 11.0. The van der Waals surface area contributed by atoms with E-state index in [1.54, 1.807) is 0 Å². The van der Waals surface area contributed by atoms with Crippen molar-refractivity contribution in [1.29, 1.82) is 0 Å². The number of nitrogens with one attached hydrogen (secondary N) is 3. The minimum absolute atomic E-state index is 0.0237. The summed E-state index contributed by atoms with van der Waals surface area (Å²) >= 11 is 0. The number of aromatic amines is 1. The van der Waals surface area contributed by atoms with Crippen LogP contribution < -0.4 is 15.5 Å². The van der Waals surface area contributed by atoms with Gasteiger partial charge in [0.15, 0.2) is 0 Å². The van der Waals surface area contributed by atoms with E-state index in [2.05, 4.69) is 50.8 Å². The van der Waals surface area contributed by atoms with Crippen LogP contribution in [0.2, 0.25) is 0 Å². The molecule has 3 aromatic rings. The molecule has 2 aromatic heterocycles. The Morgan fingerprint density at radius 3 is 2.62 bits per heavy atom. The Bertz CT molecular complexity index is 1230. The van der Waals surface area contributed by atoms with Crippen LogP contribution in [-0.2, 0) is 19.3 Å². The highest BCUT2D eigenvalue weighted by Gasteiger charge is 2.49. The minimum Gasteiger partial charge on any atom is -0.369 e. The maximum Gasteiger partial charge on any atom is 0.253 e. The van der Waals surface area contributed by atoms with E-state index in [0.29, 0.717) is 0 Å². The lowest BCUT2D eigenvalue weighted by Crippen LogP contribution is -2.43. The Balaban J connectivity index is 1.25. The topological polar surface area (TPSA) is 73.0 Å². The van der Waals surface area contributed by atoms with Crippen molar-refractivity contribution < 1.29 is 4.79 Å². The third kappa shape index (κ3) is 2.82. The lowest BCUT2D eigenvalue weighted by atomic mass is 9.87. The average Bonchev–Trinajstić information content (AvgIpc) is 3.45. The Labute approximate surface area is 187 Å². The van der Waals surface area contributed by atoms with Crippen LogP contribution in [0.1, 0.15) is 40.0 Å². The Hall–Kier alpha value is -3.12. The fraction of sp³-hybridized carbons (Fsp3) is 0.385. The van der Waals surface area contributed by atoms with Crippen molar-refractivity contribution in [3.05, 3.63) is 58.9 Å². The second-order valence-corrected chi connectivity index (χ2v) is 9.75. The molecule has 1 saturated carbocycles. The predicted octanol–water partition coefficient (Wildman–Crippen LogP) is 3.07. The van der Waals surface area contributed by atoms with Gasteiger partial charge in [0, 0.05) is 66.8 Å². The quantitative estimate of drug-likeness (QED) is 0.590. The molecule has 3 N–H and O–H groups in total. The van der Waals surface area contributed by atoms with E-state index in [4.69, 9.17) is 4.98 Å². The highest BCUT2D eigenvalue weighted by molar-refractivity contribution is 6.01. The summed E-state index contributed by atoms with van der Waals surface area (Å²) in [5.74, 6) is 0.113. The predicted molar refractivity (Wildman–Crippen MR) is 125 cm³/mol. The van der Waals surface area contributed by atoms with Crippen molar-refractivity contribution in [3.8, 4) is 22.5 Å². The molecule has 1 spiro atoms. The normalized spacial score (nSPS) is 20.4. The first kappa shape index (κ1) is 18.5. The molecule has 0 unspecified atom stereocenters. The average molecular weight is 426 g/mol. The molecule has 0 atom stereocenters. The SMILES string of the molecule is O=C1NC2(CC2)Cc2[nH]c3c(c21)CCc1cnc(-c2ccc(N4CCNCC4)cc2)cc1-3. The van der Waals surface area contributed by atoms with Crippen molar-refractivity contribution in [2.24, 2.45) is 0 Å². The van der Waals surface area contributed by atoms with Crippen LogP contribution in [0.3, 0.4) is 0 Å². The maximum absolute atomic E-state index is 12.9. The number of aryl methyl sites for hydroxylation is 1. The number of piperazine rings is 1. The number of hydrogen-bond acceptors (Lipinski definition) is 4. The van der Waals surface area contributed by atoms with Gasteiger partial charge in [0.2, 0.25) is 0 Å². The van der Waals surface area contributed by atoms with E-state index in [1.807, 2.05) is 6.20 Å². The van der Waals surface area contributed by atoms with E-state index in [1.165, 1.54) is 22.4 Å². The summed E-state index contributed by atoms with van der Waals surface area (Å²) in [7, 11) is 0. The molecule has 2 aliphatic heterocycles. The van der Waals surface area contributed by atoms with Crippen LogP contribution in [0.25, 0.3) is 22.5 Å². The number of anilines is 1. The van der Waals surface area contributed by atoms with E-state index in [0.717, 1.165) is 86.5 Å². The van der Waals surface area contributed by atoms with E-state index < -0.39 is 0 Å². The summed E-state index contributed by atoms with van der Waals surface area (Å²) in [6.07, 6.45) is 6.98. The van der Waals surface area contributed by atoms with Crippen molar-refractivity contribution in [1.82, 2.24) is 20.6 Å². The van der Waals surface area contributed by atoms with Gasteiger partial charge in [0.05, 0.1) is 17.0 Å². The molecular weight excluding hydrogens is 398 g/mol. The Morgan fingerprint density at radius 2 is 1.84 bits per heavy atom. The second-order valence-electron chi connectivity index (χ2n) is 9.75. The number of carbonyl (C=O) groups is 1. The third-order valence-electron chi connectivity index (χ3n) is 7.70. The second kappa shape index (κ2) is 6.69. The molecule has 2 aliphatic carbocycles. The van der Waals surface area contributed by atoms with Gasteiger partial charge in [0.25, 0.3) is 5.91 Å². The van der Waals surface area contributed by atoms with Crippen LogP contribution in [0.4, 0.5) is 5.69 Å². The van der Waals surface area contributed by atoms with E-state index in [9.17, 15) is 4.79 Å². The van der Waals surface area contributed by atoms with Crippen molar-refractivity contribution in [2.45, 2.75) is 37.6 Å². The monoisotopic (exact) mass is 425 g/mol. The van der Waals surface area contributed by atoms with Crippen LogP contribution in [-0.4, -0.2) is 47.6 Å². The number of nitrogens with zero attached hydrogens (tertiary/aromatic N) is 2. The van der Waals surface area contributed by atoms with Crippen LogP contribution in [0, 0.1) is 0 Å². The molecule has 162 valence electrons. The number of hydrogen-bond donors (Lipinski definition) is 3. The molecule has 6 heteroatoms. The Kier molecular flexibility index (Phi) is 3.86. The van der Waals surface area contributed by atoms with Gasteiger partial charge in [-0.2, -0.15) is 0 Å². The highest BCUT2D eigenvalue weighted by Crippen LogP contribution is 2.45. The smallest absolute Gasteiger partial charge is 0.253 e. The summed E-state index contributed by atoms with van der Waals surface area (Å²) in [5, 5.41) is 6.68. The van der Waals surface area contributed by atoms with Gasteiger partial charge >= 0.3 is 0 Å². The first-order valence-corrected chi connectivity index (χ1v) is 11.8. The number of amides is 1. The summed E-state index contributed by atoms with van der Waals surface area (Å²) in [6.45, 7) is 4.17. The van der Waals surface area contributed by atoms with Crippen molar-refractivity contribution in [2.75, 3.05) is 31.1 Å². The van der Waals surface area contributed by atoms with Crippen molar-refractivity contribution >= 4 is 11.6 Å². The lowest BCUT2D eigenvalue weighted by molar-refractivity contribution is 0.0917. The number of benzene rings is 1. The minimum atomic E-state index is 0.0237. The van der Waals surface area contributed by atoms with Gasteiger partial charge in [-0.3, -0.25) is 9.78 Å². The van der Waals surface area contributed by atoms with Crippen molar-refractivity contribution in [3.63, 3.8) is 0 Å². The van der Waals surface area contributed by atoms with Gasteiger partial charge in [0.1, 0.15) is 0 Å². The number of H-pyrrole nitrogens is 1. The van der Waals surface area contributed by atoms with E-state index in [-0.39, 0.29) is 11.4 Å². The van der Waals surface area contributed by atoms with Gasteiger partial charge in [-0.15, -0.1) is 0 Å². The van der Waals surface area contributed by atoms with Gasteiger partial charge < -0.3 is 20.5 Å². The molecule has 32 heavy (non-hydrogen) atoms. The van der Waals surface area contributed by atoms with Crippen LogP contribution >= 0.6 is 0 Å². The molecule has 6 nitrogen and oxygen atoms in total. The zero-order valence-electron chi connectivity index (χ0n) is 18.1. The zero-order valence-corrected chi connectivity index (χ0v) is 18.1. The molecule has 1 saturated heterocycles. The molecule has 0 bridgehead atoms. The first-order chi connectivity index (χ1) is 15.7. The fourth-order valence-corrected chi connectivity index (χ4v) is 5.72. The molecule has 4 heterocycles. The van der Waals surface area contributed by atoms with Gasteiger partial charge in [-0.05, 0) is 55.0 Å². The number of aromatic nitrogens is 2.